The molecule has 0 spiro atoms. The van der Waals surface area contributed by atoms with Crippen molar-refractivity contribution >= 4 is 17.9 Å². The average Bonchev–Trinajstić information content (AvgIpc) is 3.11. The third-order valence-corrected chi connectivity index (χ3v) is 10.3. The van der Waals surface area contributed by atoms with Crippen LogP contribution in [0.5, 0.6) is 0 Å². The van der Waals surface area contributed by atoms with Crippen molar-refractivity contribution in [2.24, 2.45) is 11.8 Å². The Morgan fingerprint density at radius 3 is 1.12 bits per heavy atom. The van der Waals surface area contributed by atoms with E-state index in [-0.39, 0.29) is 31.1 Å². The van der Waals surface area contributed by atoms with Crippen LogP contribution in [0.1, 0.15) is 240 Å². The largest absolute Gasteiger partial charge is 0.462 e. The summed E-state index contributed by atoms with van der Waals surface area (Å²) in [5.41, 5.74) is 0. The lowest BCUT2D eigenvalue weighted by Crippen LogP contribution is -2.30. The predicted octanol–water partition coefficient (Wildman–Crippen LogP) is 13.8. The Morgan fingerprint density at radius 2 is 0.745 bits per heavy atom. The first-order chi connectivity index (χ1) is 24.8. The number of carbonyl (C=O) groups excluding carboxylic acids is 3. The van der Waals surface area contributed by atoms with E-state index in [2.05, 4.69) is 34.6 Å². The summed E-state index contributed by atoms with van der Waals surface area (Å²) in [5.74, 6) is 0.822. The van der Waals surface area contributed by atoms with Gasteiger partial charge in [-0.25, -0.2) is 0 Å². The van der Waals surface area contributed by atoms with Gasteiger partial charge < -0.3 is 14.2 Å². The molecule has 2 atom stereocenters. The van der Waals surface area contributed by atoms with Crippen LogP contribution < -0.4 is 0 Å². The molecular formula is C45H86O6. The minimum Gasteiger partial charge on any atom is -0.462 e. The molecule has 302 valence electrons. The predicted molar refractivity (Wildman–Crippen MR) is 215 cm³/mol. The third kappa shape index (κ3) is 38.0. The number of ether oxygens (including phenoxy) is 3. The first kappa shape index (κ1) is 49.4. The van der Waals surface area contributed by atoms with Gasteiger partial charge in [0.05, 0.1) is 0 Å². The van der Waals surface area contributed by atoms with E-state index in [1.165, 1.54) is 122 Å². The lowest BCUT2D eigenvalue weighted by atomic mass is 9.99. The summed E-state index contributed by atoms with van der Waals surface area (Å²) >= 11 is 0. The molecule has 0 bridgehead atoms. The van der Waals surface area contributed by atoms with Crippen LogP contribution in [0.2, 0.25) is 0 Å². The van der Waals surface area contributed by atoms with Gasteiger partial charge in [0.2, 0.25) is 0 Å². The van der Waals surface area contributed by atoms with Crippen LogP contribution in [-0.2, 0) is 28.6 Å². The molecule has 0 fully saturated rings. The topological polar surface area (TPSA) is 78.9 Å². The van der Waals surface area contributed by atoms with Crippen molar-refractivity contribution in [2.75, 3.05) is 13.2 Å². The maximum atomic E-state index is 12.7. The maximum absolute atomic E-state index is 12.7. The highest BCUT2D eigenvalue weighted by Gasteiger charge is 2.19. The SMILES string of the molecule is CCCCCCCC(=O)OC[C@H](COC(=O)CCCCCCCCCCCCCC(C)C)OC(=O)CCCCCCCCCCCCC(C)CC. The smallest absolute Gasteiger partial charge is 0.306 e. The summed E-state index contributed by atoms with van der Waals surface area (Å²) in [5, 5.41) is 0. The Hall–Kier alpha value is -1.59. The third-order valence-electron chi connectivity index (χ3n) is 10.3. The Balaban J connectivity index is 4.21. The van der Waals surface area contributed by atoms with Gasteiger partial charge in [-0.3, -0.25) is 14.4 Å². The van der Waals surface area contributed by atoms with Gasteiger partial charge in [-0.1, -0.05) is 202 Å². The quantitative estimate of drug-likeness (QED) is 0.0357. The van der Waals surface area contributed by atoms with Crippen molar-refractivity contribution in [3.63, 3.8) is 0 Å². The summed E-state index contributed by atoms with van der Waals surface area (Å²) in [7, 11) is 0. The van der Waals surface area contributed by atoms with Crippen molar-refractivity contribution in [1.82, 2.24) is 0 Å². The maximum Gasteiger partial charge on any atom is 0.306 e. The zero-order valence-corrected chi connectivity index (χ0v) is 34.7. The fourth-order valence-electron chi connectivity index (χ4n) is 6.54. The standard InChI is InChI=1S/C45H86O6/c1-6-8-9-23-30-35-43(46)49-38-42(51-45(48)37-32-27-22-18-14-13-16-20-25-29-34-41(5)7-2)39-50-44(47)36-31-26-21-17-12-10-11-15-19-24-28-33-40(3)4/h40-42H,6-39H2,1-5H3/t41?,42-/m1/s1. The van der Waals surface area contributed by atoms with Gasteiger partial charge in [-0.05, 0) is 31.1 Å². The molecule has 6 nitrogen and oxygen atoms in total. The first-order valence-electron chi connectivity index (χ1n) is 22.3. The molecule has 6 heteroatoms. The van der Waals surface area contributed by atoms with E-state index < -0.39 is 6.10 Å². The van der Waals surface area contributed by atoms with Gasteiger partial charge in [-0.2, -0.15) is 0 Å². The molecule has 0 aliphatic heterocycles. The molecule has 0 saturated carbocycles. The van der Waals surface area contributed by atoms with E-state index in [0.717, 1.165) is 76.0 Å². The second kappa shape index (κ2) is 38.1. The molecule has 1 unspecified atom stereocenters. The van der Waals surface area contributed by atoms with E-state index in [0.29, 0.717) is 19.3 Å². The highest BCUT2D eigenvalue weighted by Crippen LogP contribution is 2.17. The zero-order chi connectivity index (χ0) is 37.6. The number of carbonyl (C=O) groups is 3. The molecule has 0 saturated heterocycles. The molecule has 0 radical (unpaired) electrons. The molecule has 0 amide bonds. The summed E-state index contributed by atoms with van der Waals surface area (Å²) in [6.45, 7) is 11.3. The Labute approximate surface area is 317 Å². The summed E-state index contributed by atoms with van der Waals surface area (Å²) in [4.78, 5) is 37.4. The molecule has 0 aliphatic carbocycles. The number of unbranched alkanes of at least 4 members (excludes halogenated alkanes) is 23. The van der Waals surface area contributed by atoms with Crippen molar-refractivity contribution < 1.29 is 28.6 Å². The second-order valence-electron chi connectivity index (χ2n) is 16.1. The monoisotopic (exact) mass is 723 g/mol. The van der Waals surface area contributed by atoms with Crippen molar-refractivity contribution in [3.05, 3.63) is 0 Å². The van der Waals surface area contributed by atoms with Gasteiger partial charge in [0.25, 0.3) is 0 Å². The molecule has 0 aromatic carbocycles. The second-order valence-corrected chi connectivity index (χ2v) is 16.1. The van der Waals surface area contributed by atoms with Crippen LogP contribution in [0.4, 0.5) is 0 Å². The van der Waals surface area contributed by atoms with E-state index in [9.17, 15) is 14.4 Å². The lowest BCUT2D eigenvalue weighted by molar-refractivity contribution is -0.167. The fourth-order valence-corrected chi connectivity index (χ4v) is 6.54. The molecule has 51 heavy (non-hydrogen) atoms. The van der Waals surface area contributed by atoms with E-state index in [1.807, 2.05) is 0 Å². The van der Waals surface area contributed by atoms with Crippen molar-refractivity contribution in [3.8, 4) is 0 Å². The van der Waals surface area contributed by atoms with Crippen LogP contribution in [-0.4, -0.2) is 37.2 Å². The first-order valence-corrected chi connectivity index (χ1v) is 22.3. The fraction of sp³-hybridized carbons (Fsp3) is 0.933. The van der Waals surface area contributed by atoms with E-state index >= 15 is 0 Å². The zero-order valence-electron chi connectivity index (χ0n) is 34.7. The van der Waals surface area contributed by atoms with Crippen molar-refractivity contribution in [2.45, 2.75) is 246 Å². The van der Waals surface area contributed by atoms with Gasteiger partial charge in [0.15, 0.2) is 6.10 Å². The minimum absolute atomic E-state index is 0.0660. The van der Waals surface area contributed by atoms with Crippen LogP contribution >= 0.6 is 0 Å². The van der Waals surface area contributed by atoms with Crippen LogP contribution in [0.15, 0.2) is 0 Å². The number of hydrogen-bond donors (Lipinski definition) is 0. The van der Waals surface area contributed by atoms with Crippen LogP contribution in [0.25, 0.3) is 0 Å². The summed E-state index contributed by atoms with van der Waals surface area (Å²) < 4.78 is 16.6. The number of hydrogen-bond acceptors (Lipinski definition) is 6. The molecule has 0 aliphatic rings. The molecule has 0 aromatic heterocycles. The summed E-state index contributed by atoms with van der Waals surface area (Å²) in [6.07, 6.45) is 35.4. The highest BCUT2D eigenvalue weighted by atomic mass is 16.6. The van der Waals surface area contributed by atoms with Gasteiger partial charge in [-0.15, -0.1) is 0 Å². The number of rotatable bonds is 39. The minimum atomic E-state index is -0.758. The Bertz CT molecular complexity index is 781. The average molecular weight is 723 g/mol. The van der Waals surface area contributed by atoms with Gasteiger partial charge >= 0.3 is 17.9 Å². The molecule has 0 rings (SSSR count). The Kier molecular flexibility index (Phi) is 37.0. The Morgan fingerprint density at radius 1 is 0.412 bits per heavy atom. The van der Waals surface area contributed by atoms with Crippen LogP contribution in [0, 0.1) is 11.8 Å². The lowest BCUT2D eigenvalue weighted by Gasteiger charge is -2.18. The van der Waals surface area contributed by atoms with Crippen molar-refractivity contribution in [1.29, 1.82) is 0 Å². The number of esters is 3. The van der Waals surface area contributed by atoms with Crippen LogP contribution in [0.3, 0.4) is 0 Å². The molecule has 0 aromatic rings. The highest BCUT2D eigenvalue weighted by molar-refractivity contribution is 5.71. The normalized spacial score (nSPS) is 12.6. The summed E-state index contributed by atoms with van der Waals surface area (Å²) in [6, 6.07) is 0. The van der Waals surface area contributed by atoms with Gasteiger partial charge in [0.1, 0.15) is 13.2 Å². The molecule has 0 heterocycles. The molecular weight excluding hydrogens is 636 g/mol. The van der Waals surface area contributed by atoms with E-state index in [4.69, 9.17) is 14.2 Å². The van der Waals surface area contributed by atoms with Gasteiger partial charge in [0, 0.05) is 19.3 Å². The molecule has 0 N–H and O–H groups in total. The van der Waals surface area contributed by atoms with E-state index in [1.54, 1.807) is 0 Å².